The molecule has 2 aliphatic heterocycles. The van der Waals surface area contributed by atoms with Crippen molar-refractivity contribution in [3.05, 3.63) is 135 Å². The number of nitrogens with zero attached hydrogens (tertiary/aromatic N) is 11. The van der Waals surface area contributed by atoms with Gasteiger partial charge in [0, 0.05) is 50.8 Å². The van der Waals surface area contributed by atoms with Crippen molar-refractivity contribution < 1.29 is 8.78 Å². The molecular weight excluding hydrogens is 633 g/mol. The molecule has 0 fully saturated rings. The summed E-state index contributed by atoms with van der Waals surface area (Å²) in [6.07, 6.45) is 0. The van der Waals surface area contributed by atoms with Crippen molar-refractivity contribution in [1.29, 1.82) is 0 Å². The van der Waals surface area contributed by atoms with Crippen LogP contribution in [-0.4, -0.2) is 77.4 Å². The lowest BCUT2D eigenvalue weighted by Crippen LogP contribution is -2.39. The monoisotopic (exact) mass is 667 g/mol. The highest BCUT2D eigenvalue weighted by atomic mass is 32.1. The van der Waals surface area contributed by atoms with E-state index >= 15 is 0 Å². The zero-order valence-corrected chi connectivity index (χ0v) is 27.5. The Morgan fingerprint density at radius 3 is 1.71 bits per heavy atom. The molecule has 0 radical (unpaired) electrons. The van der Waals surface area contributed by atoms with E-state index in [0.29, 0.717) is 6.54 Å². The largest absolute Gasteiger partial charge is 0.378 e. The van der Waals surface area contributed by atoms with Crippen LogP contribution in [0.1, 0.15) is 45.3 Å². The molecule has 0 spiro atoms. The lowest BCUT2D eigenvalue weighted by Gasteiger charge is -2.35. The van der Waals surface area contributed by atoms with E-state index in [0.717, 1.165) is 66.8 Å². The van der Waals surface area contributed by atoms with E-state index in [4.69, 9.17) is 0 Å². The molecular formula is C34H35F2N11S. The zero-order chi connectivity index (χ0) is 33.0. The average Bonchev–Trinajstić information content (AvgIpc) is 3.90. The van der Waals surface area contributed by atoms with Crippen LogP contribution in [0.15, 0.2) is 90.3 Å². The molecule has 0 amide bonds. The van der Waals surface area contributed by atoms with Crippen molar-refractivity contribution >= 4 is 17.0 Å². The number of rotatable bonds is 7. The third-order valence-electron chi connectivity index (χ3n) is 8.69. The normalized spacial score (nSPS) is 17.7. The molecule has 11 nitrogen and oxygen atoms in total. The molecule has 3 aromatic heterocycles. The first kappa shape index (κ1) is 31.7. The Morgan fingerprint density at radius 1 is 0.667 bits per heavy atom. The Bertz CT molecular complexity index is 1910. The maximum Gasteiger partial charge on any atom is 0.173 e. The zero-order valence-electron chi connectivity index (χ0n) is 26.6. The van der Waals surface area contributed by atoms with Crippen molar-refractivity contribution in [2.75, 3.05) is 32.1 Å². The quantitative estimate of drug-likeness (QED) is 0.234. The molecule has 0 saturated carbocycles. The van der Waals surface area contributed by atoms with Gasteiger partial charge >= 0.3 is 0 Å². The summed E-state index contributed by atoms with van der Waals surface area (Å²) in [4.78, 5) is 8.05. The summed E-state index contributed by atoms with van der Waals surface area (Å²) in [6, 6.07) is 25.8. The van der Waals surface area contributed by atoms with Gasteiger partial charge in [0.15, 0.2) is 11.6 Å². The number of hydrogen-bond acceptors (Lipinski definition) is 10. The summed E-state index contributed by atoms with van der Waals surface area (Å²) in [5.74, 6) is 1.21. The van der Waals surface area contributed by atoms with Gasteiger partial charge < -0.3 is 4.90 Å². The highest BCUT2D eigenvalue weighted by Crippen LogP contribution is 2.33. The van der Waals surface area contributed by atoms with Crippen LogP contribution < -0.4 is 4.90 Å². The number of benzene rings is 3. The third kappa shape index (κ3) is 6.86. The summed E-state index contributed by atoms with van der Waals surface area (Å²) in [6.45, 7) is 4.76. The van der Waals surface area contributed by atoms with E-state index in [1.807, 2.05) is 47.7 Å². The third-order valence-corrected chi connectivity index (χ3v) is 9.55. The molecule has 0 saturated heterocycles. The van der Waals surface area contributed by atoms with Gasteiger partial charge in [0.2, 0.25) is 0 Å². The summed E-state index contributed by atoms with van der Waals surface area (Å²) >= 11 is 1.74. The van der Waals surface area contributed by atoms with Gasteiger partial charge in [-0.05, 0) is 85.4 Å². The van der Waals surface area contributed by atoms with E-state index in [1.54, 1.807) is 11.3 Å². The maximum atomic E-state index is 13.2. The van der Waals surface area contributed by atoms with Crippen LogP contribution in [0.4, 0.5) is 14.5 Å². The number of hydrogen-bond donors (Lipinski definition) is 0. The average molecular weight is 668 g/mol. The van der Waals surface area contributed by atoms with E-state index in [1.165, 1.54) is 29.1 Å². The molecule has 2 aliphatic rings. The predicted molar refractivity (Wildman–Crippen MR) is 178 cm³/mol. The molecule has 6 aromatic rings. The molecule has 2 unspecified atom stereocenters. The van der Waals surface area contributed by atoms with Crippen molar-refractivity contribution in [2.45, 2.75) is 38.3 Å². The number of fused-ring (bicyclic) bond motifs is 2. The van der Waals surface area contributed by atoms with Crippen LogP contribution in [0.2, 0.25) is 0 Å². The minimum absolute atomic E-state index is 0.0278. The summed E-state index contributed by atoms with van der Waals surface area (Å²) < 4.78 is 30.2. The first-order valence-electron chi connectivity index (χ1n) is 15.7. The molecule has 8 rings (SSSR count). The van der Waals surface area contributed by atoms with Crippen LogP contribution in [0.3, 0.4) is 0 Å². The molecule has 0 aliphatic carbocycles. The molecule has 14 heteroatoms. The fraction of sp³-hybridized carbons (Fsp3) is 0.294. The Morgan fingerprint density at radius 2 is 1.19 bits per heavy atom. The highest BCUT2D eigenvalue weighted by Gasteiger charge is 2.33. The molecule has 3 aromatic carbocycles. The van der Waals surface area contributed by atoms with Gasteiger partial charge in [-0.2, -0.15) is 0 Å². The van der Waals surface area contributed by atoms with Gasteiger partial charge in [-0.3, -0.25) is 9.80 Å². The molecule has 0 bridgehead atoms. The van der Waals surface area contributed by atoms with E-state index in [9.17, 15) is 8.78 Å². The number of halogens is 2. The fourth-order valence-corrected chi connectivity index (χ4v) is 6.98. The van der Waals surface area contributed by atoms with Crippen LogP contribution in [0.25, 0.3) is 0 Å². The lowest BCUT2D eigenvalue weighted by molar-refractivity contribution is 0.164. The minimum atomic E-state index is -0.232. The number of aromatic nitrogens is 8. The van der Waals surface area contributed by atoms with Crippen molar-refractivity contribution in [3.8, 4) is 0 Å². The van der Waals surface area contributed by atoms with Gasteiger partial charge in [-0.1, -0.05) is 42.5 Å². The van der Waals surface area contributed by atoms with Gasteiger partial charge in [0.25, 0.3) is 0 Å². The molecule has 48 heavy (non-hydrogen) atoms. The lowest BCUT2D eigenvalue weighted by atomic mass is 10.0. The van der Waals surface area contributed by atoms with Gasteiger partial charge in [-0.15, -0.1) is 21.5 Å². The molecule has 0 N–H and O–H groups in total. The van der Waals surface area contributed by atoms with Gasteiger partial charge in [-0.25, -0.2) is 18.1 Å². The second kappa shape index (κ2) is 14.1. The van der Waals surface area contributed by atoms with Crippen LogP contribution in [0, 0.1) is 11.6 Å². The van der Waals surface area contributed by atoms with Crippen LogP contribution in [-0.2, 0) is 26.2 Å². The highest BCUT2D eigenvalue weighted by molar-refractivity contribution is 7.09. The predicted octanol–water partition coefficient (Wildman–Crippen LogP) is 4.96. The van der Waals surface area contributed by atoms with E-state index in [-0.39, 0.29) is 23.7 Å². The Kier molecular flexibility index (Phi) is 9.27. The second-order valence-corrected chi connectivity index (χ2v) is 13.0. The molecule has 5 heterocycles. The number of thiophene rings is 1. The SMILES string of the molecule is CN(C)c1ccc(C2c3nnnn3CCN2Cc2ccc(F)cc2)cc1.Fc1ccc(C2c3nnnn3CCN2Cc2cccs2)cc1. The van der Waals surface area contributed by atoms with Crippen LogP contribution in [0.5, 0.6) is 0 Å². The molecule has 2 atom stereocenters. The maximum absolute atomic E-state index is 13.2. The van der Waals surface area contributed by atoms with E-state index < -0.39 is 0 Å². The standard InChI is InChI=1S/C19H21FN6.C15H14FN5S/c1-24(2)17-9-5-15(6-10-17)18-19-21-22-23-26(19)12-11-25(18)13-14-3-7-16(20)8-4-14;16-12-5-3-11(4-6-12)14-15-17-18-19-21(15)8-7-20(14)10-13-2-1-9-22-13/h3-10,18H,11-13H2,1-2H3;1-6,9,14H,7-8,10H2. The van der Waals surface area contributed by atoms with Crippen molar-refractivity contribution in [2.24, 2.45) is 0 Å². The second-order valence-electron chi connectivity index (χ2n) is 12.0. The van der Waals surface area contributed by atoms with E-state index in [2.05, 4.69) is 87.5 Å². The summed E-state index contributed by atoms with van der Waals surface area (Å²) in [5.41, 5.74) is 4.37. The number of tetrazole rings is 2. The smallest absolute Gasteiger partial charge is 0.173 e. The Labute approximate surface area is 281 Å². The Balaban J connectivity index is 0.000000154. The van der Waals surface area contributed by atoms with Crippen molar-refractivity contribution in [3.63, 3.8) is 0 Å². The Hall–Kier alpha value is -4.92. The number of anilines is 1. The fourth-order valence-electron chi connectivity index (χ4n) is 6.25. The van der Waals surface area contributed by atoms with Crippen molar-refractivity contribution in [1.82, 2.24) is 50.2 Å². The van der Waals surface area contributed by atoms with Crippen LogP contribution >= 0.6 is 11.3 Å². The van der Waals surface area contributed by atoms with Gasteiger partial charge in [0.05, 0.1) is 25.2 Å². The first-order chi connectivity index (χ1) is 23.4. The summed E-state index contributed by atoms with van der Waals surface area (Å²) in [7, 11) is 4.05. The summed E-state index contributed by atoms with van der Waals surface area (Å²) in [5, 5.41) is 26.3. The first-order valence-corrected chi connectivity index (χ1v) is 16.6. The van der Waals surface area contributed by atoms with Gasteiger partial charge in [0.1, 0.15) is 11.6 Å². The molecule has 246 valence electrons. The minimum Gasteiger partial charge on any atom is -0.378 e. The topological polar surface area (TPSA) is 96.9 Å².